The third-order valence-corrected chi connectivity index (χ3v) is 3.34. The first kappa shape index (κ1) is 11.3. The van der Waals surface area contributed by atoms with Gasteiger partial charge < -0.3 is 4.74 Å². The summed E-state index contributed by atoms with van der Waals surface area (Å²) in [5.74, 6) is 0.244. The van der Waals surface area contributed by atoms with Crippen molar-refractivity contribution in [2.45, 2.75) is 32.8 Å². The van der Waals surface area contributed by atoms with E-state index in [1.165, 1.54) is 11.1 Å². The lowest BCUT2D eigenvalue weighted by Crippen LogP contribution is -2.26. The van der Waals surface area contributed by atoms with Gasteiger partial charge in [0.2, 0.25) is 0 Å². The van der Waals surface area contributed by atoms with E-state index < -0.39 is 0 Å². The number of hydrogen-bond donors (Lipinski definition) is 0. The molecule has 0 spiro atoms. The molecule has 0 bridgehead atoms. The van der Waals surface area contributed by atoms with Gasteiger partial charge in [-0.2, -0.15) is 0 Å². The molecular formula is C14H18O2. The van der Waals surface area contributed by atoms with Crippen LogP contribution in [0.4, 0.5) is 0 Å². The van der Waals surface area contributed by atoms with E-state index in [0.29, 0.717) is 6.42 Å². The standard InChI is InChI=1S/C14H18O2/c1-3-13(15)10(2)14-12-7-5-4-6-11(12)8-9-16-14/h4-7,10,14H,3,8-9H2,1-2H3. The van der Waals surface area contributed by atoms with Crippen molar-refractivity contribution in [2.24, 2.45) is 5.92 Å². The molecule has 16 heavy (non-hydrogen) atoms. The van der Waals surface area contributed by atoms with Gasteiger partial charge in [0.15, 0.2) is 0 Å². The zero-order valence-electron chi connectivity index (χ0n) is 9.90. The summed E-state index contributed by atoms with van der Waals surface area (Å²) in [7, 11) is 0. The lowest BCUT2D eigenvalue weighted by Gasteiger charge is -2.29. The number of carbonyl (C=O) groups is 1. The highest BCUT2D eigenvalue weighted by Gasteiger charge is 2.29. The fourth-order valence-electron chi connectivity index (χ4n) is 2.33. The molecule has 1 aliphatic rings. The normalized spacial score (nSPS) is 21.2. The van der Waals surface area contributed by atoms with Crippen LogP contribution in [0.1, 0.15) is 37.5 Å². The number of benzene rings is 1. The molecule has 2 nitrogen and oxygen atoms in total. The number of carbonyl (C=O) groups excluding carboxylic acids is 1. The van der Waals surface area contributed by atoms with Gasteiger partial charge in [-0.3, -0.25) is 4.79 Å². The monoisotopic (exact) mass is 218 g/mol. The van der Waals surface area contributed by atoms with Crippen molar-refractivity contribution in [3.8, 4) is 0 Å². The Kier molecular flexibility index (Phi) is 3.39. The second kappa shape index (κ2) is 4.79. The third-order valence-electron chi connectivity index (χ3n) is 3.34. The molecule has 86 valence electrons. The molecule has 2 heteroatoms. The lowest BCUT2D eigenvalue weighted by molar-refractivity contribution is -0.127. The van der Waals surface area contributed by atoms with Crippen LogP contribution in [-0.2, 0) is 16.0 Å². The Balaban J connectivity index is 2.28. The highest BCUT2D eigenvalue weighted by molar-refractivity contribution is 5.81. The van der Waals surface area contributed by atoms with Crippen molar-refractivity contribution in [1.82, 2.24) is 0 Å². The molecule has 2 unspecified atom stereocenters. The maximum atomic E-state index is 11.7. The smallest absolute Gasteiger partial charge is 0.138 e. The fraction of sp³-hybridized carbons (Fsp3) is 0.500. The van der Waals surface area contributed by atoms with E-state index in [1.807, 2.05) is 26.0 Å². The van der Waals surface area contributed by atoms with E-state index in [4.69, 9.17) is 4.74 Å². The summed E-state index contributed by atoms with van der Waals surface area (Å²) in [5.41, 5.74) is 2.53. The quantitative estimate of drug-likeness (QED) is 0.779. The molecule has 0 N–H and O–H groups in total. The van der Waals surface area contributed by atoms with Crippen LogP contribution in [0.5, 0.6) is 0 Å². The molecule has 0 saturated carbocycles. The highest BCUT2D eigenvalue weighted by Crippen LogP contribution is 2.33. The third kappa shape index (κ3) is 2.03. The van der Waals surface area contributed by atoms with Crippen LogP contribution in [0.15, 0.2) is 24.3 Å². The zero-order chi connectivity index (χ0) is 11.5. The minimum Gasteiger partial charge on any atom is -0.372 e. The van der Waals surface area contributed by atoms with Gasteiger partial charge in [-0.1, -0.05) is 38.1 Å². The Labute approximate surface area is 96.6 Å². The molecular weight excluding hydrogens is 200 g/mol. The number of hydrogen-bond acceptors (Lipinski definition) is 2. The SMILES string of the molecule is CCC(=O)C(C)C1OCCc2ccccc21. The summed E-state index contributed by atoms with van der Waals surface area (Å²) < 4.78 is 5.77. The molecule has 1 aliphatic heterocycles. The number of rotatable bonds is 3. The molecule has 0 aliphatic carbocycles. The Morgan fingerprint density at radius 3 is 3.00 bits per heavy atom. The van der Waals surface area contributed by atoms with Gasteiger partial charge in [-0.25, -0.2) is 0 Å². The Bertz CT molecular complexity index is 384. The van der Waals surface area contributed by atoms with Crippen molar-refractivity contribution in [3.63, 3.8) is 0 Å². The average molecular weight is 218 g/mol. The summed E-state index contributed by atoms with van der Waals surface area (Å²) in [6.45, 7) is 4.61. The van der Waals surface area contributed by atoms with Gasteiger partial charge in [-0.05, 0) is 17.5 Å². The first-order valence-electron chi connectivity index (χ1n) is 5.96. The average Bonchev–Trinajstić information content (AvgIpc) is 2.36. The molecule has 1 heterocycles. The first-order valence-corrected chi connectivity index (χ1v) is 5.96. The van der Waals surface area contributed by atoms with Crippen molar-refractivity contribution in [1.29, 1.82) is 0 Å². The van der Waals surface area contributed by atoms with E-state index in [-0.39, 0.29) is 17.8 Å². The molecule has 0 radical (unpaired) electrons. The second-order valence-corrected chi connectivity index (χ2v) is 4.35. The molecule has 0 aromatic heterocycles. The molecule has 2 rings (SSSR count). The largest absolute Gasteiger partial charge is 0.372 e. The molecule has 1 aromatic rings. The van der Waals surface area contributed by atoms with Crippen molar-refractivity contribution >= 4 is 5.78 Å². The van der Waals surface area contributed by atoms with E-state index in [2.05, 4.69) is 12.1 Å². The maximum Gasteiger partial charge on any atom is 0.138 e. The minimum atomic E-state index is -0.0441. The predicted molar refractivity (Wildman–Crippen MR) is 63.3 cm³/mol. The van der Waals surface area contributed by atoms with Crippen molar-refractivity contribution in [2.75, 3.05) is 6.61 Å². The van der Waals surface area contributed by atoms with Crippen LogP contribution < -0.4 is 0 Å². The number of ketones is 1. The van der Waals surface area contributed by atoms with Gasteiger partial charge in [0, 0.05) is 12.3 Å². The fourth-order valence-corrected chi connectivity index (χ4v) is 2.33. The number of Topliss-reactive ketones (excluding diaryl/α,β-unsaturated/α-hetero) is 1. The van der Waals surface area contributed by atoms with Gasteiger partial charge in [0.1, 0.15) is 5.78 Å². The van der Waals surface area contributed by atoms with Gasteiger partial charge in [0.05, 0.1) is 12.7 Å². The number of ether oxygens (including phenoxy) is 1. The van der Waals surface area contributed by atoms with Crippen LogP contribution >= 0.6 is 0 Å². The van der Waals surface area contributed by atoms with E-state index in [0.717, 1.165) is 13.0 Å². The zero-order valence-corrected chi connectivity index (χ0v) is 9.90. The highest BCUT2D eigenvalue weighted by atomic mass is 16.5. The first-order chi connectivity index (χ1) is 7.74. The Hall–Kier alpha value is -1.15. The molecule has 0 amide bonds. The Morgan fingerprint density at radius 2 is 2.25 bits per heavy atom. The summed E-state index contributed by atoms with van der Waals surface area (Å²) in [6, 6.07) is 8.28. The summed E-state index contributed by atoms with van der Waals surface area (Å²) in [6.07, 6.45) is 1.50. The summed E-state index contributed by atoms with van der Waals surface area (Å²) in [4.78, 5) is 11.7. The minimum absolute atomic E-state index is 0.0357. The lowest BCUT2D eigenvalue weighted by atomic mass is 9.87. The van der Waals surface area contributed by atoms with Crippen LogP contribution in [0.2, 0.25) is 0 Å². The Morgan fingerprint density at radius 1 is 1.50 bits per heavy atom. The van der Waals surface area contributed by atoms with Crippen LogP contribution in [0.3, 0.4) is 0 Å². The van der Waals surface area contributed by atoms with Crippen LogP contribution in [0, 0.1) is 5.92 Å². The second-order valence-electron chi connectivity index (χ2n) is 4.35. The summed E-state index contributed by atoms with van der Waals surface area (Å²) >= 11 is 0. The van der Waals surface area contributed by atoms with Gasteiger partial charge in [-0.15, -0.1) is 0 Å². The van der Waals surface area contributed by atoms with Crippen molar-refractivity contribution in [3.05, 3.63) is 35.4 Å². The van der Waals surface area contributed by atoms with Gasteiger partial charge in [0.25, 0.3) is 0 Å². The van der Waals surface area contributed by atoms with E-state index in [9.17, 15) is 4.79 Å². The van der Waals surface area contributed by atoms with Crippen LogP contribution in [0.25, 0.3) is 0 Å². The van der Waals surface area contributed by atoms with Crippen molar-refractivity contribution < 1.29 is 9.53 Å². The van der Waals surface area contributed by atoms with E-state index in [1.54, 1.807) is 0 Å². The predicted octanol–water partition coefficient (Wildman–Crippen LogP) is 2.92. The molecule has 0 saturated heterocycles. The van der Waals surface area contributed by atoms with Gasteiger partial charge >= 0.3 is 0 Å². The van der Waals surface area contributed by atoms with Crippen LogP contribution in [-0.4, -0.2) is 12.4 Å². The molecule has 2 atom stereocenters. The summed E-state index contributed by atoms with van der Waals surface area (Å²) in [5, 5.41) is 0. The topological polar surface area (TPSA) is 26.3 Å². The van der Waals surface area contributed by atoms with E-state index >= 15 is 0 Å². The number of fused-ring (bicyclic) bond motifs is 1. The molecule has 0 fully saturated rings. The molecule has 1 aromatic carbocycles. The maximum absolute atomic E-state index is 11.7.